The number of hydrogen-bond acceptors (Lipinski definition) is 4. The molecular weight excluding hydrogens is 367 g/mol. The molecule has 1 aromatic rings. The number of carbonyl (C=O) groups excluding carboxylic acids is 1. The molecule has 0 bridgehead atoms. The van der Waals surface area contributed by atoms with Crippen LogP contribution in [0.4, 0.5) is 10.1 Å². The van der Waals surface area contributed by atoms with Gasteiger partial charge in [-0.25, -0.2) is 4.39 Å². The normalized spacial score (nSPS) is 10.4. The second-order valence-corrected chi connectivity index (χ2v) is 5.73. The summed E-state index contributed by atoms with van der Waals surface area (Å²) in [4.78, 5) is 10.2. The molecule has 0 saturated heterocycles. The molecule has 0 amide bonds. The molecule has 0 spiro atoms. The van der Waals surface area contributed by atoms with Gasteiger partial charge in [-0.1, -0.05) is 62.7 Å². The summed E-state index contributed by atoms with van der Waals surface area (Å²) in [5.41, 5.74) is 2.12. The lowest BCUT2D eigenvalue weighted by molar-refractivity contribution is -0.104. The van der Waals surface area contributed by atoms with Crippen LogP contribution in [0.3, 0.4) is 0 Å². The summed E-state index contributed by atoms with van der Waals surface area (Å²) in [5.74, 6) is -0.395. The molecule has 152 valence electrons. The average molecular weight is 399 g/mol. The van der Waals surface area contributed by atoms with Gasteiger partial charge in [-0.2, -0.15) is 0 Å². The molecule has 27 heavy (non-hydrogen) atoms. The van der Waals surface area contributed by atoms with E-state index in [1.807, 2.05) is 19.1 Å². The van der Waals surface area contributed by atoms with Gasteiger partial charge in [0, 0.05) is 25.7 Å². The van der Waals surface area contributed by atoms with Crippen LogP contribution in [0, 0.1) is 5.82 Å². The molecule has 1 rings (SSSR count). The van der Waals surface area contributed by atoms with Crippen LogP contribution in [0.15, 0.2) is 54.2 Å². The van der Waals surface area contributed by atoms with Crippen LogP contribution < -0.4 is 10.6 Å². The first-order valence-corrected chi connectivity index (χ1v) is 9.20. The van der Waals surface area contributed by atoms with E-state index in [1.165, 1.54) is 12.5 Å². The molecule has 0 aromatic heterocycles. The number of anilines is 1. The van der Waals surface area contributed by atoms with E-state index in [2.05, 4.69) is 31.1 Å². The molecule has 0 radical (unpaired) electrons. The highest BCUT2D eigenvalue weighted by Crippen LogP contribution is 2.23. The topological polar surface area (TPSA) is 61.4 Å². The van der Waals surface area contributed by atoms with E-state index in [0.29, 0.717) is 30.6 Å². The number of rotatable bonds is 8. The lowest BCUT2D eigenvalue weighted by Crippen LogP contribution is -2.20. The standard InChI is InChI=1S/C11H17NO2.C7H7ClFN.C3H8/c1-3-11(8-12-6-7-13)5-4-10(2)9-14;1-10-6-4-2-3-5(9)7(6)8;1-3-2/h3-5,9,12-13H,2,6-8H2,1H3;2-4,10H,1H3;3H2,1-2H3/b5-4-,11-3+;;. The van der Waals surface area contributed by atoms with Crippen molar-refractivity contribution in [2.24, 2.45) is 0 Å². The van der Waals surface area contributed by atoms with Gasteiger partial charge in [-0.05, 0) is 24.6 Å². The van der Waals surface area contributed by atoms with Crippen LogP contribution in [0.5, 0.6) is 0 Å². The van der Waals surface area contributed by atoms with E-state index in [1.54, 1.807) is 25.3 Å². The van der Waals surface area contributed by atoms with E-state index in [-0.39, 0.29) is 11.6 Å². The summed E-state index contributed by atoms with van der Waals surface area (Å²) in [6, 6.07) is 4.64. The monoisotopic (exact) mass is 398 g/mol. The summed E-state index contributed by atoms with van der Waals surface area (Å²) in [6.07, 6.45) is 7.41. The third-order valence-corrected chi connectivity index (χ3v) is 3.26. The maximum Gasteiger partial charge on any atom is 0.149 e. The summed E-state index contributed by atoms with van der Waals surface area (Å²) < 4.78 is 12.6. The van der Waals surface area contributed by atoms with Crippen LogP contribution in [-0.2, 0) is 4.79 Å². The first-order valence-electron chi connectivity index (χ1n) is 8.82. The Hall–Kier alpha value is -1.95. The van der Waals surface area contributed by atoms with Gasteiger partial charge in [-0.3, -0.25) is 4.79 Å². The molecule has 3 N–H and O–H groups in total. The lowest BCUT2D eigenvalue weighted by atomic mass is 10.2. The minimum atomic E-state index is -0.395. The largest absolute Gasteiger partial charge is 0.395 e. The van der Waals surface area contributed by atoms with Crippen molar-refractivity contribution in [1.82, 2.24) is 5.32 Å². The number of aliphatic hydroxyl groups is 1. The van der Waals surface area contributed by atoms with Crippen molar-refractivity contribution in [1.29, 1.82) is 0 Å². The van der Waals surface area contributed by atoms with Crippen molar-refractivity contribution in [2.45, 2.75) is 27.2 Å². The maximum atomic E-state index is 12.6. The molecule has 6 heteroatoms. The van der Waals surface area contributed by atoms with E-state index in [9.17, 15) is 9.18 Å². The maximum absolute atomic E-state index is 12.6. The predicted octanol–water partition coefficient (Wildman–Crippen LogP) is 4.76. The Morgan fingerprint density at radius 3 is 2.41 bits per heavy atom. The minimum absolute atomic E-state index is 0.127. The highest BCUT2D eigenvalue weighted by atomic mass is 35.5. The molecule has 0 aliphatic rings. The Morgan fingerprint density at radius 1 is 1.33 bits per heavy atom. The van der Waals surface area contributed by atoms with Gasteiger partial charge < -0.3 is 15.7 Å². The second-order valence-electron chi connectivity index (χ2n) is 5.35. The number of halogens is 2. The molecule has 0 saturated carbocycles. The molecule has 0 aliphatic heterocycles. The number of aldehydes is 1. The van der Waals surface area contributed by atoms with Crippen LogP contribution in [0.1, 0.15) is 27.2 Å². The van der Waals surface area contributed by atoms with E-state index >= 15 is 0 Å². The van der Waals surface area contributed by atoms with Crippen molar-refractivity contribution >= 4 is 23.6 Å². The molecule has 0 fully saturated rings. The number of benzene rings is 1. The summed E-state index contributed by atoms with van der Waals surface area (Å²) in [6.45, 7) is 11.1. The van der Waals surface area contributed by atoms with Gasteiger partial charge in [0.1, 0.15) is 12.1 Å². The van der Waals surface area contributed by atoms with Gasteiger partial charge >= 0.3 is 0 Å². The van der Waals surface area contributed by atoms with Gasteiger partial charge in [0.2, 0.25) is 0 Å². The van der Waals surface area contributed by atoms with Crippen LogP contribution >= 0.6 is 11.6 Å². The van der Waals surface area contributed by atoms with Crippen LogP contribution in [-0.4, -0.2) is 38.1 Å². The quantitative estimate of drug-likeness (QED) is 0.255. The number of aliphatic hydroxyl groups excluding tert-OH is 1. The van der Waals surface area contributed by atoms with E-state index < -0.39 is 5.82 Å². The SMILES string of the molecule is C=C(C=O)/C=C\C(=C/C)CNCCO.CCC.CNc1cccc(F)c1Cl. The fourth-order valence-corrected chi connectivity index (χ4v) is 1.74. The number of hydrogen-bond donors (Lipinski definition) is 3. The van der Waals surface area contributed by atoms with E-state index in [0.717, 1.165) is 5.57 Å². The van der Waals surface area contributed by atoms with Crippen molar-refractivity contribution < 1.29 is 14.3 Å². The molecule has 0 aliphatic carbocycles. The highest BCUT2D eigenvalue weighted by Gasteiger charge is 2.01. The Labute approximate surface area is 167 Å². The summed E-state index contributed by atoms with van der Waals surface area (Å²) in [7, 11) is 1.70. The van der Waals surface area contributed by atoms with Gasteiger partial charge in [0.15, 0.2) is 0 Å². The van der Waals surface area contributed by atoms with Crippen LogP contribution in [0.2, 0.25) is 5.02 Å². The molecular formula is C21H32ClFN2O2. The van der Waals surface area contributed by atoms with Crippen molar-refractivity contribution in [2.75, 3.05) is 32.1 Å². The molecule has 0 heterocycles. The lowest BCUT2D eigenvalue weighted by Gasteiger charge is -2.02. The van der Waals surface area contributed by atoms with Gasteiger partial charge in [0.05, 0.1) is 17.3 Å². The molecule has 1 aromatic carbocycles. The zero-order chi connectivity index (χ0) is 21.1. The van der Waals surface area contributed by atoms with Crippen molar-refractivity contribution in [3.8, 4) is 0 Å². The van der Waals surface area contributed by atoms with Crippen LogP contribution in [0.25, 0.3) is 0 Å². The smallest absolute Gasteiger partial charge is 0.149 e. The van der Waals surface area contributed by atoms with Crippen molar-refractivity contribution in [3.05, 3.63) is 65.0 Å². The Morgan fingerprint density at radius 2 is 1.96 bits per heavy atom. The highest BCUT2D eigenvalue weighted by molar-refractivity contribution is 6.33. The molecule has 0 atom stereocenters. The fourth-order valence-electron chi connectivity index (χ4n) is 1.52. The molecule has 0 unspecified atom stereocenters. The first-order chi connectivity index (χ1) is 12.9. The minimum Gasteiger partial charge on any atom is -0.395 e. The summed E-state index contributed by atoms with van der Waals surface area (Å²) in [5, 5.41) is 14.5. The van der Waals surface area contributed by atoms with E-state index in [4.69, 9.17) is 16.7 Å². The second kappa shape index (κ2) is 18.8. The third-order valence-electron chi connectivity index (χ3n) is 2.87. The number of carbonyl (C=O) groups is 1. The predicted molar refractivity (Wildman–Crippen MR) is 115 cm³/mol. The van der Waals surface area contributed by atoms with Gasteiger partial charge in [0.25, 0.3) is 0 Å². The average Bonchev–Trinajstić information content (AvgIpc) is 2.67. The Balaban J connectivity index is 0. The molecule has 4 nitrogen and oxygen atoms in total. The Bertz CT molecular complexity index is 602. The van der Waals surface area contributed by atoms with Crippen molar-refractivity contribution in [3.63, 3.8) is 0 Å². The third kappa shape index (κ3) is 14.9. The first kappa shape index (κ1) is 27.3. The number of nitrogens with one attached hydrogen (secondary N) is 2. The summed E-state index contributed by atoms with van der Waals surface area (Å²) >= 11 is 5.56. The zero-order valence-electron chi connectivity index (χ0n) is 16.7. The number of allylic oxidation sites excluding steroid dienone is 3. The Kier molecular flexibility index (Phi) is 19.0. The van der Waals surface area contributed by atoms with Gasteiger partial charge in [-0.15, -0.1) is 0 Å². The zero-order valence-corrected chi connectivity index (χ0v) is 17.4. The fraction of sp³-hybridized carbons (Fsp3) is 0.381.